The standard InChI is InChI=1S/C12H19OP/c1-4-13-12(2,3)14-10-11-8-6-5-7-9-11/h5-9,14H,4,10H2,1-3H3. The first-order valence-corrected chi connectivity index (χ1v) is 6.27. The van der Waals surface area contributed by atoms with E-state index in [4.69, 9.17) is 4.74 Å². The van der Waals surface area contributed by atoms with Crippen molar-refractivity contribution < 1.29 is 4.74 Å². The van der Waals surface area contributed by atoms with Crippen LogP contribution in [0.1, 0.15) is 26.3 Å². The quantitative estimate of drug-likeness (QED) is 0.674. The van der Waals surface area contributed by atoms with Gasteiger partial charge in [-0.3, -0.25) is 0 Å². The van der Waals surface area contributed by atoms with Gasteiger partial charge >= 0.3 is 0 Å². The molecule has 1 rings (SSSR count). The van der Waals surface area contributed by atoms with Crippen LogP contribution in [0.3, 0.4) is 0 Å². The van der Waals surface area contributed by atoms with Crippen LogP contribution >= 0.6 is 8.58 Å². The second kappa shape index (κ2) is 5.48. The molecule has 78 valence electrons. The van der Waals surface area contributed by atoms with Crippen molar-refractivity contribution in [3.63, 3.8) is 0 Å². The van der Waals surface area contributed by atoms with Crippen molar-refractivity contribution in [3.8, 4) is 0 Å². The first kappa shape index (κ1) is 11.7. The van der Waals surface area contributed by atoms with E-state index in [1.54, 1.807) is 0 Å². The Morgan fingerprint density at radius 2 is 1.86 bits per heavy atom. The fraction of sp³-hybridized carbons (Fsp3) is 0.500. The molecule has 0 aromatic heterocycles. The van der Waals surface area contributed by atoms with Gasteiger partial charge in [0.05, 0.1) is 5.34 Å². The third-order valence-electron chi connectivity index (χ3n) is 2.07. The van der Waals surface area contributed by atoms with Crippen LogP contribution in [0.15, 0.2) is 30.3 Å². The van der Waals surface area contributed by atoms with Crippen LogP contribution in [0.2, 0.25) is 0 Å². The Balaban J connectivity index is 2.40. The fourth-order valence-corrected chi connectivity index (χ4v) is 2.43. The summed E-state index contributed by atoms with van der Waals surface area (Å²) in [4.78, 5) is 0. The van der Waals surface area contributed by atoms with E-state index >= 15 is 0 Å². The average molecular weight is 210 g/mol. The van der Waals surface area contributed by atoms with Gasteiger partial charge in [-0.15, -0.1) is 0 Å². The van der Waals surface area contributed by atoms with Crippen molar-refractivity contribution in [3.05, 3.63) is 35.9 Å². The minimum Gasteiger partial charge on any atom is -0.372 e. The van der Waals surface area contributed by atoms with E-state index in [1.165, 1.54) is 5.56 Å². The molecule has 0 N–H and O–H groups in total. The molecule has 2 heteroatoms. The molecule has 0 heterocycles. The van der Waals surface area contributed by atoms with Crippen molar-refractivity contribution in [2.75, 3.05) is 6.61 Å². The predicted molar refractivity (Wildman–Crippen MR) is 64.2 cm³/mol. The molecule has 0 aliphatic carbocycles. The number of benzene rings is 1. The molecule has 0 fully saturated rings. The molecular formula is C12H19OP. The van der Waals surface area contributed by atoms with Gasteiger partial charge in [-0.1, -0.05) is 38.9 Å². The maximum Gasteiger partial charge on any atom is 0.0788 e. The molecule has 1 aromatic rings. The van der Waals surface area contributed by atoms with E-state index in [2.05, 4.69) is 51.1 Å². The van der Waals surface area contributed by atoms with E-state index < -0.39 is 0 Å². The topological polar surface area (TPSA) is 9.23 Å². The second-order valence-corrected chi connectivity index (χ2v) is 5.69. The molecule has 1 atom stereocenters. The van der Waals surface area contributed by atoms with Crippen LogP contribution in [0.5, 0.6) is 0 Å². The smallest absolute Gasteiger partial charge is 0.0788 e. The molecule has 0 spiro atoms. The van der Waals surface area contributed by atoms with Gasteiger partial charge in [-0.05, 0) is 32.5 Å². The first-order chi connectivity index (χ1) is 6.64. The minimum atomic E-state index is 0.0323. The third-order valence-corrected chi connectivity index (χ3v) is 3.65. The highest BCUT2D eigenvalue weighted by atomic mass is 31.1. The summed E-state index contributed by atoms with van der Waals surface area (Å²) in [6, 6.07) is 10.6. The number of ether oxygens (including phenoxy) is 1. The van der Waals surface area contributed by atoms with Gasteiger partial charge in [0.2, 0.25) is 0 Å². The Bertz CT molecular complexity index is 256. The van der Waals surface area contributed by atoms with Crippen molar-refractivity contribution in [2.45, 2.75) is 32.3 Å². The SMILES string of the molecule is CCOC(C)(C)PCc1ccccc1. The summed E-state index contributed by atoms with van der Waals surface area (Å²) in [5, 5.41) is 0.0323. The van der Waals surface area contributed by atoms with Crippen molar-refractivity contribution in [2.24, 2.45) is 0 Å². The van der Waals surface area contributed by atoms with Crippen LogP contribution < -0.4 is 0 Å². The summed E-state index contributed by atoms with van der Waals surface area (Å²) >= 11 is 0. The molecule has 1 unspecified atom stereocenters. The lowest BCUT2D eigenvalue weighted by molar-refractivity contribution is 0.0594. The summed E-state index contributed by atoms with van der Waals surface area (Å²) in [6.45, 7) is 7.18. The molecule has 0 radical (unpaired) electrons. The summed E-state index contributed by atoms with van der Waals surface area (Å²) in [6.07, 6.45) is 1.12. The molecule has 0 saturated carbocycles. The molecular weight excluding hydrogens is 191 g/mol. The lowest BCUT2D eigenvalue weighted by Crippen LogP contribution is -2.17. The fourth-order valence-electron chi connectivity index (χ4n) is 1.32. The molecule has 1 nitrogen and oxygen atoms in total. The van der Waals surface area contributed by atoms with E-state index in [0.29, 0.717) is 0 Å². The van der Waals surface area contributed by atoms with Gasteiger partial charge in [0, 0.05) is 6.61 Å². The zero-order valence-electron chi connectivity index (χ0n) is 9.21. The van der Waals surface area contributed by atoms with Gasteiger partial charge in [-0.2, -0.15) is 0 Å². The third kappa shape index (κ3) is 4.21. The molecule has 0 saturated heterocycles. The zero-order valence-corrected chi connectivity index (χ0v) is 10.2. The molecule has 0 bridgehead atoms. The average Bonchev–Trinajstić information content (AvgIpc) is 2.17. The number of rotatable bonds is 5. The number of hydrogen-bond acceptors (Lipinski definition) is 1. The van der Waals surface area contributed by atoms with E-state index in [0.717, 1.165) is 21.3 Å². The number of hydrogen-bond donors (Lipinski definition) is 0. The van der Waals surface area contributed by atoms with Gasteiger partial charge in [-0.25, -0.2) is 0 Å². The largest absolute Gasteiger partial charge is 0.372 e. The molecule has 1 aromatic carbocycles. The summed E-state index contributed by atoms with van der Waals surface area (Å²) in [5.74, 6) is 0. The second-order valence-electron chi connectivity index (χ2n) is 3.78. The zero-order chi connectivity index (χ0) is 10.4. The minimum absolute atomic E-state index is 0.0323. The van der Waals surface area contributed by atoms with E-state index in [9.17, 15) is 0 Å². The van der Waals surface area contributed by atoms with Crippen LogP contribution in [0.4, 0.5) is 0 Å². The van der Waals surface area contributed by atoms with Crippen LogP contribution in [0, 0.1) is 0 Å². The monoisotopic (exact) mass is 210 g/mol. The Hall–Kier alpha value is -0.390. The Morgan fingerprint density at radius 1 is 1.21 bits per heavy atom. The molecule has 0 amide bonds. The van der Waals surface area contributed by atoms with E-state index in [1.807, 2.05) is 0 Å². The predicted octanol–water partition coefficient (Wildman–Crippen LogP) is 3.64. The van der Waals surface area contributed by atoms with Crippen LogP contribution in [-0.4, -0.2) is 11.9 Å². The van der Waals surface area contributed by atoms with Gasteiger partial charge in [0.15, 0.2) is 0 Å². The van der Waals surface area contributed by atoms with Crippen molar-refractivity contribution in [1.82, 2.24) is 0 Å². The normalized spacial score (nSPS) is 12.5. The summed E-state index contributed by atoms with van der Waals surface area (Å²) in [7, 11) is 0.821. The lowest BCUT2D eigenvalue weighted by atomic mass is 10.2. The van der Waals surface area contributed by atoms with Crippen LogP contribution in [-0.2, 0) is 10.9 Å². The van der Waals surface area contributed by atoms with Crippen molar-refractivity contribution in [1.29, 1.82) is 0 Å². The van der Waals surface area contributed by atoms with Gasteiger partial charge in [0.1, 0.15) is 0 Å². The van der Waals surface area contributed by atoms with Gasteiger partial charge in [0.25, 0.3) is 0 Å². The highest BCUT2D eigenvalue weighted by molar-refractivity contribution is 7.38. The lowest BCUT2D eigenvalue weighted by Gasteiger charge is -2.24. The summed E-state index contributed by atoms with van der Waals surface area (Å²) in [5.41, 5.74) is 1.40. The highest BCUT2D eigenvalue weighted by Gasteiger charge is 2.16. The summed E-state index contributed by atoms with van der Waals surface area (Å²) < 4.78 is 5.66. The first-order valence-electron chi connectivity index (χ1n) is 5.07. The highest BCUT2D eigenvalue weighted by Crippen LogP contribution is 2.35. The maximum atomic E-state index is 5.66. The Kier molecular flexibility index (Phi) is 4.57. The van der Waals surface area contributed by atoms with Crippen LogP contribution in [0.25, 0.3) is 0 Å². The molecule has 14 heavy (non-hydrogen) atoms. The van der Waals surface area contributed by atoms with E-state index in [-0.39, 0.29) is 5.34 Å². The molecule has 0 aliphatic heterocycles. The Labute approximate surface area is 88.6 Å². The Morgan fingerprint density at radius 3 is 2.43 bits per heavy atom. The van der Waals surface area contributed by atoms with Gasteiger partial charge < -0.3 is 4.74 Å². The molecule has 0 aliphatic rings. The van der Waals surface area contributed by atoms with Crippen molar-refractivity contribution >= 4 is 8.58 Å². The maximum absolute atomic E-state index is 5.66.